The first-order chi connectivity index (χ1) is 19.1. The molecule has 3 aliphatic rings. The van der Waals surface area contributed by atoms with E-state index >= 15 is 0 Å². The van der Waals surface area contributed by atoms with Gasteiger partial charge in [0, 0.05) is 23.5 Å². The van der Waals surface area contributed by atoms with Gasteiger partial charge < -0.3 is 20.8 Å². The molecule has 1 heterocycles. The summed E-state index contributed by atoms with van der Waals surface area (Å²) in [7, 11) is 1.48. The van der Waals surface area contributed by atoms with E-state index in [2.05, 4.69) is 17.6 Å². The lowest BCUT2D eigenvalue weighted by Gasteiger charge is -2.67. The van der Waals surface area contributed by atoms with Gasteiger partial charge >= 0.3 is 0 Å². The SMILES string of the molecule is CNC(=O)c1c(-c2ccc(F)cc2)oc2cc(CC(N)=O)c(-c3ccc(F)c(C(=O)NC45CC(C4)[C@@H]5C)c3)cc12. The molecule has 1 atom stereocenters. The predicted molar refractivity (Wildman–Crippen MR) is 145 cm³/mol. The van der Waals surface area contributed by atoms with Crippen molar-refractivity contribution in [1.82, 2.24) is 10.6 Å². The maximum Gasteiger partial charge on any atom is 0.255 e. The molecule has 4 aromatic rings. The van der Waals surface area contributed by atoms with E-state index in [9.17, 15) is 23.2 Å². The number of fused-ring (bicyclic) bond motifs is 1. The summed E-state index contributed by atoms with van der Waals surface area (Å²) in [5.74, 6) is -1.42. The standard InChI is InChI=1S/C31H27F2N3O4/c1-15-19-13-31(15,14-19)36-29(38)22-9-17(5-8-24(22)33)21-12-23-25(10-18(21)11-26(34)37)40-28(27(23)30(39)35-2)16-3-6-20(32)7-4-16/h3-10,12,15,19H,11,13-14H2,1-2H3,(H2,34,37)(H,35,39)(H,36,38)/t15-,19?,31?/m0/s1. The molecule has 0 spiro atoms. The van der Waals surface area contributed by atoms with Crippen molar-refractivity contribution < 1.29 is 27.6 Å². The second-order valence-electron chi connectivity index (χ2n) is 10.8. The van der Waals surface area contributed by atoms with E-state index in [1.807, 2.05) is 0 Å². The number of hydrogen-bond donors (Lipinski definition) is 3. The summed E-state index contributed by atoms with van der Waals surface area (Å²) < 4.78 is 34.6. The summed E-state index contributed by atoms with van der Waals surface area (Å²) in [5, 5.41) is 6.07. The zero-order valence-corrected chi connectivity index (χ0v) is 21.9. The van der Waals surface area contributed by atoms with Gasteiger partial charge in [-0.15, -0.1) is 0 Å². The highest BCUT2D eigenvalue weighted by Gasteiger charge is 2.63. The largest absolute Gasteiger partial charge is 0.455 e. The van der Waals surface area contributed by atoms with Gasteiger partial charge in [-0.2, -0.15) is 0 Å². The zero-order chi connectivity index (χ0) is 28.3. The fourth-order valence-corrected chi connectivity index (χ4v) is 6.05. The van der Waals surface area contributed by atoms with Gasteiger partial charge in [0.25, 0.3) is 11.8 Å². The van der Waals surface area contributed by atoms with Crippen LogP contribution < -0.4 is 16.4 Å². The number of rotatable bonds is 7. The van der Waals surface area contributed by atoms with Gasteiger partial charge in [-0.3, -0.25) is 14.4 Å². The van der Waals surface area contributed by atoms with Crippen LogP contribution in [0.2, 0.25) is 0 Å². The summed E-state index contributed by atoms with van der Waals surface area (Å²) in [5.41, 5.74) is 7.64. The second-order valence-corrected chi connectivity index (χ2v) is 10.8. The van der Waals surface area contributed by atoms with E-state index in [0.29, 0.717) is 45.1 Å². The lowest BCUT2D eigenvalue weighted by Crippen LogP contribution is -2.74. The van der Waals surface area contributed by atoms with Crippen molar-refractivity contribution in [2.24, 2.45) is 17.6 Å². The topological polar surface area (TPSA) is 114 Å². The van der Waals surface area contributed by atoms with Crippen molar-refractivity contribution >= 4 is 28.7 Å². The molecular weight excluding hydrogens is 516 g/mol. The molecule has 0 radical (unpaired) electrons. The van der Waals surface area contributed by atoms with Crippen LogP contribution in [0.3, 0.4) is 0 Å². The predicted octanol–water partition coefficient (Wildman–Crippen LogP) is 4.96. The third-order valence-electron chi connectivity index (χ3n) is 8.56. The Morgan fingerprint density at radius 3 is 2.30 bits per heavy atom. The van der Waals surface area contributed by atoms with Crippen molar-refractivity contribution in [3.8, 4) is 22.5 Å². The highest BCUT2D eigenvalue weighted by molar-refractivity contribution is 6.12. The van der Waals surface area contributed by atoms with E-state index in [0.717, 1.165) is 12.8 Å². The second kappa shape index (κ2) is 9.29. The molecule has 3 amide bonds. The van der Waals surface area contributed by atoms with E-state index < -0.39 is 29.4 Å². The lowest BCUT2D eigenvalue weighted by atomic mass is 9.43. The van der Waals surface area contributed by atoms with Crippen molar-refractivity contribution in [3.05, 3.63) is 82.9 Å². The molecule has 0 saturated heterocycles. The van der Waals surface area contributed by atoms with Crippen molar-refractivity contribution in [1.29, 1.82) is 0 Å². The summed E-state index contributed by atoms with van der Waals surface area (Å²) in [4.78, 5) is 38.2. The number of amides is 3. The lowest BCUT2D eigenvalue weighted by molar-refractivity contribution is -0.118. The molecule has 0 aliphatic heterocycles. The minimum absolute atomic E-state index is 0.106. The zero-order valence-electron chi connectivity index (χ0n) is 21.9. The Morgan fingerprint density at radius 2 is 1.70 bits per heavy atom. The summed E-state index contributed by atoms with van der Waals surface area (Å²) in [6.07, 6.45) is 1.65. The third-order valence-corrected chi connectivity index (χ3v) is 8.56. The fourth-order valence-electron chi connectivity index (χ4n) is 6.05. The van der Waals surface area contributed by atoms with Gasteiger partial charge in [0.2, 0.25) is 5.91 Å². The van der Waals surface area contributed by atoms with Crippen LogP contribution in [-0.4, -0.2) is 30.3 Å². The van der Waals surface area contributed by atoms with Crippen molar-refractivity contribution in [3.63, 3.8) is 0 Å². The molecule has 1 aromatic heterocycles. The normalized spacial score (nSPS) is 20.9. The number of primary amides is 1. The molecular formula is C31H27F2N3O4. The number of furan rings is 1. The first-order valence-electron chi connectivity index (χ1n) is 13.1. The number of nitrogens with one attached hydrogen (secondary N) is 2. The van der Waals surface area contributed by atoms with Crippen LogP contribution in [-0.2, 0) is 11.2 Å². The molecule has 7 rings (SSSR count). The molecule has 4 N–H and O–H groups in total. The summed E-state index contributed by atoms with van der Waals surface area (Å²) in [6.45, 7) is 2.09. The Labute approximate surface area is 228 Å². The van der Waals surface area contributed by atoms with Crippen molar-refractivity contribution in [2.75, 3.05) is 7.05 Å². The van der Waals surface area contributed by atoms with E-state index in [1.165, 1.54) is 49.5 Å². The van der Waals surface area contributed by atoms with Gasteiger partial charge in [0.05, 0.1) is 17.5 Å². The number of benzene rings is 3. The number of halogens is 2. The first-order valence-corrected chi connectivity index (χ1v) is 13.1. The molecule has 3 aliphatic carbocycles. The van der Waals surface area contributed by atoms with Crippen LogP contribution in [0.15, 0.2) is 59.0 Å². The van der Waals surface area contributed by atoms with Gasteiger partial charge in [0.1, 0.15) is 23.0 Å². The van der Waals surface area contributed by atoms with E-state index in [1.54, 1.807) is 12.1 Å². The van der Waals surface area contributed by atoms with E-state index in [4.69, 9.17) is 10.2 Å². The number of nitrogens with two attached hydrogens (primary N) is 1. The molecule has 204 valence electrons. The molecule has 3 fully saturated rings. The Hall–Kier alpha value is -4.53. The van der Waals surface area contributed by atoms with Crippen LogP contribution in [0.4, 0.5) is 8.78 Å². The number of hydrogen-bond acceptors (Lipinski definition) is 4. The first kappa shape index (κ1) is 25.7. The van der Waals surface area contributed by atoms with Gasteiger partial charge in [-0.25, -0.2) is 8.78 Å². The fraction of sp³-hybridized carbons (Fsp3) is 0.258. The highest BCUT2D eigenvalue weighted by Crippen LogP contribution is 2.61. The average molecular weight is 544 g/mol. The number of carbonyl (C=O) groups is 3. The Kier molecular flexibility index (Phi) is 5.98. The molecule has 3 saturated carbocycles. The van der Waals surface area contributed by atoms with Gasteiger partial charge in [0.15, 0.2) is 0 Å². The maximum absolute atomic E-state index is 14.9. The third kappa shape index (κ3) is 4.04. The van der Waals surface area contributed by atoms with Gasteiger partial charge in [-0.1, -0.05) is 13.0 Å². The average Bonchev–Trinajstić information content (AvgIpc) is 3.28. The quantitative estimate of drug-likeness (QED) is 0.306. The summed E-state index contributed by atoms with van der Waals surface area (Å²) >= 11 is 0. The smallest absolute Gasteiger partial charge is 0.255 e. The van der Waals surface area contributed by atoms with Crippen molar-refractivity contribution in [2.45, 2.75) is 31.7 Å². The molecule has 7 nitrogen and oxygen atoms in total. The molecule has 3 aromatic carbocycles. The van der Waals surface area contributed by atoms with Gasteiger partial charge in [-0.05, 0) is 89.9 Å². The summed E-state index contributed by atoms with van der Waals surface area (Å²) in [6, 6.07) is 13.0. The number of carbonyl (C=O) groups excluding carboxylic acids is 3. The Bertz CT molecular complexity index is 1700. The van der Waals surface area contributed by atoms with Crippen LogP contribution >= 0.6 is 0 Å². The maximum atomic E-state index is 14.9. The Morgan fingerprint density at radius 1 is 1.00 bits per heavy atom. The minimum atomic E-state index is -0.661. The molecule has 40 heavy (non-hydrogen) atoms. The molecule has 2 bridgehead atoms. The van der Waals surface area contributed by atoms with Crippen LogP contribution in [0.5, 0.6) is 0 Å². The Balaban J connectivity index is 1.49. The molecule has 9 heteroatoms. The minimum Gasteiger partial charge on any atom is -0.455 e. The highest BCUT2D eigenvalue weighted by atomic mass is 19.1. The van der Waals surface area contributed by atoms with Crippen LogP contribution in [0.1, 0.15) is 46.0 Å². The van der Waals surface area contributed by atoms with Crippen LogP contribution in [0, 0.1) is 23.5 Å². The molecule has 0 unspecified atom stereocenters. The van der Waals surface area contributed by atoms with Crippen LogP contribution in [0.25, 0.3) is 33.4 Å². The monoisotopic (exact) mass is 543 g/mol. The van der Waals surface area contributed by atoms with E-state index in [-0.39, 0.29) is 28.8 Å².